The van der Waals surface area contributed by atoms with Crippen LogP contribution in [0.15, 0.2) is 30.5 Å². The lowest BCUT2D eigenvalue weighted by molar-refractivity contribution is 0.355. The fourth-order valence-electron chi connectivity index (χ4n) is 2.33. The van der Waals surface area contributed by atoms with Crippen LogP contribution < -0.4 is 15.2 Å². The molecule has 2 heterocycles. The van der Waals surface area contributed by atoms with E-state index in [2.05, 4.69) is 9.97 Å². The van der Waals surface area contributed by atoms with Gasteiger partial charge in [-0.2, -0.15) is 0 Å². The first-order valence-electron chi connectivity index (χ1n) is 6.47. The fourth-order valence-corrected chi connectivity index (χ4v) is 2.33. The van der Waals surface area contributed by atoms with Crippen molar-refractivity contribution < 1.29 is 9.47 Å². The first-order chi connectivity index (χ1) is 10.2. The zero-order valence-corrected chi connectivity index (χ0v) is 12.1. The summed E-state index contributed by atoms with van der Waals surface area (Å²) in [6.07, 6.45) is 1.75. The molecule has 0 fully saturated rings. The number of nitrogens with two attached hydrogens (primary N) is 1. The summed E-state index contributed by atoms with van der Waals surface area (Å²) in [5.74, 6) is 1.68. The molecule has 1 aromatic carbocycles. The zero-order valence-electron chi connectivity index (χ0n) is 12.1. The van der Waals surface area contributed by atoms with Crippen LogP contribution >= 0.6 is 0 Å². The molecule has 6 nitrogen and oxygen atoms in total. The minimum Gasteiger partial charge on any atom is -0.493 e. The van der Waals surface area contributed by atoms with Crippen molar-refractivity contribution in [1.82, 2.24) is 14.5 Å². The Bertz CT molecular complexity index is 811. The highest BCUT2D eigenvalue weighted by molar-refractivity contribution is 5.80. The summed E-state index contributed by atoms with van der Waals surface area (Å²) >= 11 is 0. The van der Waals surface area contributed by atoms with Crippen LogP contribution in [0.2, 0.25) is 0 Å². The lowest BCUT2D eigenvalue weighted by Crippen LogP contribution is -2.02. The van der Waals surface area contributed by atoms with Crippen molar-refractivity contribution in [2.75, 3.05) is 20.0 Å². The summed E-state index contributed by atoms with van der Waals surface area (Å²) in [6, 6.07) is 7.48. The molecule has 0 amide bonds. The highest BCUT2D eigenvalue weighted by Crippen LogP contribution is 2.31. The number of rotatable bonds is 3. The molecule has 3 rings (SSSR count). The molecular weight excluding hydrogens is 268 g/mol. The number of imidazole rings is 1. The number of hydrogen-bond donors (Lipinski definition) is 1. The van der Waals surface area contributed by atoms with E-state index >= 15 is 0 Å². The van der Waals surface area contributed by atoms with Gasteiger partial charge < -0.3 is 15.2 Å². The van der Waals surface area contributed by atoms with E-state index in [9.17, 15) is 0 Å². The maximum Gasteiger partial charge on any atom is 0.207 e. The summed E-state index contributed by atoms with van der Waals surface area (Å²) in [6.45, 7) is 1.98. The second-order valence-corrected chi connectivity index (χ2v) is 4.64. The molecule has 0 aliphatic heterocycles. The molecule has 0 saturated heterocycles. The fraction of sp³-hybridized carbons (Fsp3) is 0.200. The van der Waals surface area contributed by atoms with Gasteiger partial charge in [0.25, 0.3) is 0 Å². The number of aryl methyl sites for hydroxylation is 1. The minimum atomic E-state index is 0.388. The second-order valence-electron chi connectivity index (χ2n) is 4.64. The van der Waals surface area contributed by atoms with Gasteiger partial charge in [-0.05, 0) is 30.7 Å². The number of fused-ring (bicyclic) bond motifs is 1. The third-order valence-electron chi connectivity index (χ3n) is 3.40. The molecule has 21 heavy (non-hydrogen) atoms. The van der Waals surface area contributed by atoms with Gasteiger partial charge in [-0.25, -0.2) is 9.97 Å². The van der Waals surface area contributed by atoms with Gasteiger partial charge >= 0.3 is 0 Å². The van der Waals surface area contributed by atoms with E-state index < -0.39 is 0 Å². The smallest absolute Gasteiger partial charge is 0.207 e. The molecule has 0 radical (unpaired) electrons. The molecular formula is C15H16N4O2. The molecule has 3 aromatic rings. The van der Waals surface area contributed by atoms with E-state index in [1.54, 1.807) is 25.0 Å². The second kappa shape index (κ2) is 4.97. The van der Waals surface area contributed by atoms with E-state index in [-0.39, 0.29) is 0 Å². The number of ether oxygens (including phenoxy) is 2. The Labute approximate surface area is 122 Å². The van der Waals surface area contributed by atoms with Gasteiger partial charge in [-0.1, -0.05) is 0 Å². The molecule has 0 unspecified atom stereocenters. The molecule has 0 aliphatic rings. The van der Waals surface area contributed by atoms with E-state index in [4.69, 9.17) is 15.2 Å². The van der Waals surface area contributed by atoms with E-state index in [0.29, 0.717) is 17.4 Å². The van der Waals surface area contributed by atoms with Crippen molar-refractivity contribution in [2.24, 2.45) is 0 Å². The van der Waals surface area contributed by atoms with Gasteiger partial charge in [-0.3, -0.25) is 4.57 Å². The monoisotopic (exact) mass is 284 g/mol. The van der Waals surface area contributed by atoms with E-state index in [0.717, 1.165) is 22.4 Å². The highest BCUT2D eigenvalue weighted by Gasteiger charge is 2.14. The predicted octanol–water partition coefficient (Wildman–Crippen LogP) is 2.33. The van der Waals surface area contributed by atoms with Gasteiger partial charge in [0.1, 0.15) is 5.52 Å². The summed E-state index contributed by atoms with van der Waals surface area (Å²) < 4.78 is 12.4. The number of nitrogen functional groups attached to an aromatic ring is 1. The van der Waals surface area contributed by atoms with Gasteiger partial charge in [0.2, 0.25) is 5.95 Å². The quantitative estimate of drug-likeness (QED) is 0.799. The molecule has 0 atom stereocenters. The normalized spacial score (nSPS) is 10.8. The standard InChI is InChI=1S/C15H16N4O2/c1-9-6-7-17-14-13(9)18-15(16)19(14)10-4-5-11(20-2)12(8-10)21-3/h4-8H,1-3H3,(H2,16,18). The number of anilines is 1. The number of methoxy groups -OCH3 is 2. The van der Waals surface area contributed by atoms with E-state index in [1.165, 1.54) is 0 Å². The summed E-state index contributed by atoms with van der Waals surface area (Å²) in [7, 11) is 3.20. The molecule has 0 aliphatic carbocycles. The van der Waals surface area contributed by atoms with Crippen LogP contribution in [-0.2, 0) is 0 Å². The van der Waals surface area contributed by atoms with Gasteiger partial charge in [0, 0.05) is 12.3 Å². The van der Waals surface area contributed by atoms with E-state index in [1.807, 2.05) is 31.2 Å². The Morgan fingerprint density at radius 2 is 1.86 bits per heavy atom. The Morgan fingerprint density at radius 3 is 2.57 bits per heavy atom. The van der Waals surface area contributed by atoms with Crippen LogP contribution in [0.25, 0.3) is 16.9 Å². The SMILES string of the molecule is COc1ccc(-n2c(N)nc3c(C)ccnc32)cc1OC. The summed E-state index contributed by atoms with van der Waals surface area (Å²) in [5, 5.41) is 0. The lowest BCUT2D eigenvalue weighted by atomic mass is 10.2. The van der Waals surface area contributed by atoms with Crippen molar-refractivity contribution in [2.45, 2.75) is 6.92 Å². The van der Waals surface area contributed by atoms with Crippen LogP contribution in [0.5, 0.6) is 11.5 Å². The number of nitrogens with zero attached hydrogens (tertiary/aromatic N) is 3. The molecule has 2 N–H and O–H groups in total. The van der Waals surface area contributed by atoms with Crippen LogP contribution in [0.4, 0.5) is 5.95 Å². The van der Waals surface area contributed by atoms with Crippen molar-refractivity contribution in [3.63, 3.8) is 0 Å². The van der Waals surface area contributed by atoms with Crippen molar-refractivity contribution >= 4 is 17.1 Å². The average molecular weight is 284 g/mol. The Balaban J connectivity index is 2.25. The Kier molecular flexibility index (Phi) is 3.13. The topological polar surface area (TPSA) is 75.2 Å². The Morgan fingerprint density at radius 1 is 1.10 bits per heavy atom. The number of pyridine rings is 1. The largest absolute Gasteiger partial charge is 0.493 e. The van der Waals surface area contributed by atoms with Crippen molar-refractivity contribution in [1.29, 1.82) is 0 Å². The Hall–Kier alpha value is -2.76. The highest BCUT2D eigenvalue weighted by atomic mass is 16.5. The molecule has 6 heteroatoms. The van der Waals surface area contributed by atoms with Crippen LogP contribution in [0.3, 0.4) is 0 Å². The molecule has 0 saturated carbocycles. The van der Waals surface area contributed by atoms with Gasteiger partial charge in [0.15, 0.2) is 17.1 Å². The first-order valence-corrected chi connectivity index (χ1v) is 6.47. The molecule has 0 spiro atoms. The van der Waals surface area contributed by atoms with Gasteiger partial charge in [-0.15, -0.1) is 0 Å². The van der Waals surface area contributed by atoms with Gasteiger partial charge in [0.05, 0.1) is 19.9 Å². The molecule has 2 aromatic heterocycles. The first kappa shape index (κ1) is 13.2. The molecule has 108 valence electrons. The third-order valence-corrected chi connectivity index (χ3v) is 3.40. The predicted molar refractivity (Wildman–Crippen MR) is 81.1 cm³/mol. The third kappa shape index (κ3) is 2.05. The molecule has 0 bridgehead atoms. The summed E-state index contributed by atoms with van der Waals surface area (Å²) in [4.78, 5) is 8.78. The van der Waals surface area contributed by atoms with Crippen LogP contribution in [0, 0.1) is 6.92 Å². The maximum absolute atomic E-state index is 6.06. The summed E-state index contributed by atoms with van der Waals surface area (Å²) in [5.41, 5.74) is 9.43. The number of benzene rings is 1. The van der Waals surface area contributed by atoms with Crippen LogP contribution in [-0.4, -0.2) is 28.8 Å². The average Bonchev–Trinajstić information content (AvgIpc) is 2.84. The van der Waals surface area contributed by atoms with Crippen LogP contribution in [0.1, 0.15) is 5.56 Å². The zero-order chi connectivity index (χ0) is 15.0. The minimum absolute atomic E-state index is 0.388. The maximum atomic E-state index is 6.06. The number of aromatic nitrogens is 3. The number of hydrogen-bond acceptors (Lipinski definition) is 5. The lowest BCUT2D eigenvalue weighted by Gasteiger charge is -2.11. The van der Waals surface area contributed by atoms with Crippen molar-refractivity contribution in [3.05, 3.63) is 36.0 Å². The van der Waals surface area contributed by atoms with Crippen molar-refractivity contribution in [3.8, 4) is 17.2 Å².